The highest BCUT2D eigenvalue weighted by Crippen LogP contribution is 2.14. The Bertz CT molecular complexity index is 382. The van der Waals surface area contributed by atoms with E-state index >= 15 is 0 Å². The predicted octanol–water partition coefficient (Wildman–Crippen LogP) is 2.13. The summed E-state index contributed by atoms with van der Waals surface area (Å²) < 4.78 is 10.4. The summed E-state index contributed by atoms with van der Waals surface area (Å²) in [6, 6.07) is 6.17. The summed E-state index contributed by atoms with van der Waals surface area (Å²) >= 11 is 0. The lowest BCUT2D eigenvalue weighted by atomic mass is 10.1. The minimum atomic E-state index is -0.527. The molecule has 0 saturated heterocycles. The van der Waals surface area contributed by atoms with Crippen molar-refractivity contribution in [2.75, 3.05) is 32.2 Å². The average molecular weight is 267 g/mol. The zero-order chi connectivity index (χ0) is 14.3. The third-order valence-corrected chi connectivity index (χ3v) is 3.02. The highest BCUT2D eigenvalue weighted by Gasteiger charge is 2.08. The predicted molar refractivity (Wildman–Crippen MR) is 77.7 cm³/mol. The number of methoxy groups -OCH3 is 1. The van der Waals surface area contributed by atoms with Crippen LogP contribution in [-0.4, -0.2) is 44.2 Å². The number of nitrogens with one attached hydrogen (secondary N) is 1. The van der Waals surface area contributed by atoms with Crippen LogP contribution in [0.2, 0.25) is 0 Å². The molecule has 0 fully saturated rings. The zero-order valence-electron chi connectivity index (χ0n) is 12.3. The zero-order valence-corrected chi connectivity index (χ0v) is 12.3. The average Bonchev–Trinajstić information content (AvgIpc) is 2.38. The smallest absolute Gasteiger partial charge is 0.0945 e. The highest BCUT2D eigenvalue weighted by molar-refractivity contribution is 5.48. The van der Waals surface area contributed by atoms with Gasteiger partial charge < -0.3 is 19.9 Å². The molecule has 0 bridgehead atoms. The molecule has 1 aromatic carbocycles. The normalized spacial score (nSPS) is 14.2. The minimum Gasteiger partial charge on any atom is -0.389 e. The Labute approximate surface area is 115 Å². The highest BCUT2D eigenvalue weighted by atomic mass is 16.5. The van der Waals surface area contributed by atoms with E-state index in [1.54, 1.807) is 7.11 Å². The fourth-order valence-corrected chi connectivity index (χ4v) is 1.70. The van der Waals surface area contributed by atoms with Gasteiger partial charge in [0.2, 0.25) is 0 Å². The molecule has 19 heavy (non-hydrogen) atoms. The van der Waals surface area contributed by atoms with Crippen molar-refractivity contribution in [3.8, 4) is 0 Å². The second kappa shape index (κ2) is 8.15. The van der Waals surface area contributed by atoms with Crippen LogP contribution in [0.4, 0.5) is 5.69 Å². The number of anilines is 1. The van der Waals surface area contributed by atoms with Gasteiger partial charge in [-0.3, -0.25) is 0 Å². The lowest BCUT2D eigenvalue weighted by Crippen LogP contribution is -2.28. The summed E-state index contributed by atoms with van der Waals surface area (Å²) in [6.07, 6.45) is -0.526. The van der Waals surface area contributed by atoms with Crippen molar-refractivity contribution in [2.24, 2.45) is 0 Å². The van der Waals surface area contributed by atoms with Gasteiger partial charge >= 0.3 is 0 Å². The lowest BCUT2D eigenvalue weighted by Gasteiger charge is -2.17. The van der Waals surface area contributed by atoms with Gasteiger partial charge in [0.15, 0.2) is 0 Å². The molecule has 0 aliphatic rings. The molecule has 2 atom stereocenters. The van der Waals surface area contributed by atoms with Gasteiger partial charge in [-0.1, -0.05) is 6.07 Å². The van der Waals surface area contributed by atoms with E-state index in [0.717, 1.165) is 5.69 Å². The molecule has 1 rings (SSSR count). The summed E-state index contributed by atoms with van der Waals surface area (Å²) in [4.78, 5) is 0. The van der Waals surface area contributed by atoms with Gasteiger partial charge in [0.05, 0.1) is 25.4 Å². The van der Waals surface area contributed by atoms with Crippen molar-refractivity contribution in [3.05, 3.63) is 29.3 Å². The first-order chi connectivity index (χ1) is 9.02. The maximum Gasteiger partial charge on any atom is 0.0945 e. The fraction of sp³-hybridized carbons (Fsp3) is 0.600. The Balaban J connectivity index is 2.29. The summed E-state index contributed by atoms with van der Waals surface area (Å²) in [6.45, 7) is 7.40. The molecule has 2 unspecified atom stereocenters. The first-order valence-corrected chi connectivity index (χ1v) is 6.62. The van der Waals surface area contributed by atoms with E-state index < -0.39 is 6.10 Å². The molecule has 0 heterocycles. The SMILES string of the molecule is COCC(C)OCC(O)CNc1ccc(C)c(C)c1. The number of aliphatic hydroxyl groups is 1. The second-order valence-corrected chi connectivity index (χ2v) is 4.93. The van der Waals surface area contributed by atoms with Crippen molar-refractivity contribution in [1.29, 1.82) is 0 Å². The van der Waals surface area contributed by atoms with E-state index in [0.29, 0.717) is 19.8 Å². The van der Waals surface area contributed by atoms with Crippen LogP contribution in [0, 0.1) is 13.8 Å². The standard InChI is InChI=1S/C15H25NO3/c1-11-5-6-14(7-12(11)2)16-8-15(17)10-19-13(3)9-18-4/h5-7,13,15-17H,8-10H2,1-4H3. The molecule has 1 aromatic rings. The molecule has 0 amide bonds. The van der Waals surface area contributed by atoms with Crippen LogP contribution in [0.5, 0.6) is 0 Å². The second-order valence-electron chi connectivity index (χ2n) is 4.93. The summed E-state index contributed by atoms with van der Waals surface area (Å²) in [5.41, 5.74) is 3.53. The number of hydrogen-bond acceptors (Lipinski definition) is 4. The number of rotatable bonds is 8. The van der Waals surface area contributed by atoms with Crippen LogP contribution in [0.3, 0.4) is 0 Å². The van der Waals surface area contributed by atoms with Crippen molar-refractivity contribution >= 4 is 5.69 Å². The van der Waals surface area contributed by atoms with Gasteiger partial charge in [0.25, 0.3) is 0 Å². The molecular formula is C15H25NO3. The first-order valence-electron chi connectivity index (χ1n) is 6.62. The Morgan fingerprint density at radius 1 is 1.21 bits per heavy atom. The number of aryl methyl sites for hydroxylation is 2. The number of ether oxygens (including phenoxy) is 2. The van der Waals surface area contributed by atoms with Crippen LogP contribution in [0.1, 0.15) is 18.1 Å². The number of benzene rings is 1. The maximum atomic E-state index is 9.82. The van der Waals surface area contributed by atoms with Crippen LogP contribution >= 0.6 is 0 Å². The molecule has 2 N–H and O–H groups in total. The molecule has 0 aromatic heterocycles. The van der Waals surface area contributed by atoms with Gasteiger partial charge in [-0.15, -0.1) is 0 Å². The monoisotopic (exact) mass is 267 g/mol. The van der Waals surface area contributed by atoms with Gasteiger partial charge in [-0.25, -0.2) is 0 Å². The van der Waals surface area contributed by atoms with E-state index in [2.05, 4.69) is 31.3 Å². The van der Waals surface area contributed by atoms with Gasteiger partial charge in [0, 0.05) is 19.3 Å². The molecule has 0 radical (unpaired) electrons. The molecule has 0 spiro atoms. The van der Waals surface area contributed by atoms with Crippen molar-refractivity contribution in [2.45, 2.75) is 33.0 Å². The Morgan fingerprint density at radius 2 is 1.95 bits per heavy atom. The van der Waals surface area contributed by atoms with E-state index in [-0.39, 0.29) is 6.10 Å². The topological polar surface area (TPSA) is 50.7 Å². The van der Waals surface area contributed by atoms with E-state index in [9.17, 15) is 5.11 Å². The summed E-state index contributed by atoms with van der Waals surface area (Å²) in [5.74, 6) is 0. The molecule has 0 saturated carbocycles. The minimum absolute atomic E-state index is 0.00118. The Kier molecular flexibility index (Phi) is 6.84. The quantitative estimate of drug-likeness (QED) is 0.757. The van der Waals surface area contributed by atoms with Gasteiger partial charge in [-0.2, -0.15) is 0 Å². The van der Waals surface area contributed by atoms with Crippen molar-refractivity contribution in [3.63, 3.8) is 0 Å². The molecular weight excluding hydrogens is 242 g/mol. The molecule has 4 nitrogen and oxygen atoms in total. The third kappa shape index (κ3) is 6.05. The van der Waals surface area contributed by atoms with E-state index in [1.807, 2.05) is 13.0 Å². The maximum absolute atomic E-state index is 9.82. The Morgan fingerprint density at radius 3 is 2.58 bits per heavy atom. The fourth-order valence-electron chi connectivity index (χ4n) is 1.70. The van der Waals surface area contributed by atoms with Crippen molar-refractivity contribution in [1.82, 2.24) is 0 Å². The molecule has 4 heteroatoms. The summed E-state index contributed by atoms with van der Waals surface area (Å²) in [7, 11) is 1.64. The van der Waals surface area contributed by atoms with Gasteiger partial charge in [-0.05, 0) is 44.0 Å². The van der Waals surface area contributed by atoms with Gasteiger partial charge in [0.1, 0.15) is 0 Å². The largest absolute Gasteiger partial charge is 0.389 e. The molecule has 0 aliphatic heterocycles. The van der Waals surface area contributed by atoms with E-state index in [4.69, 9.17) is 9.47 Å². The van der Waals surface area contributed by atoms with Crippen molar-refractivity contribution < 1.29 is 14.6 Å². The van der Waals surface area contributed by atoms with E-state index in [1.165, 1.54) is 11.1 Å². The van der Waals surface area contributed by atoms with Crippen LogP contribution < -0.4 is 5.32 Å². The first kappa shape index (κ1) is 16.0. The van der Waals surface area contributed by atoms with Crippen LogP contribution in [0.15, 0.2) is 18.2 Å². The van der Waals surface area contributed by atoms with Crippen LogP contribution in [-0.2, 0) is 9.47 Å². The summed E-state index contributed by atoms with van der Waals surface area (Å²) in [5, 5.41) is 13.0. The third-order valence-electron chi connectivity index (χ3n) is 3.02. The molecule has 108 valence electrons. The number of aliphatic hydroxyl groups excluding tert-OH is 1. The van der Waals surface area contributed by atoms with Crippen LogP contribution in [0.25, 0.3) is 0 Å². The Hall–Kier alpha value is -1.10. The lowest BCUT2D eigenvalue weighted by molar-refractivity contribution is -0.0282. The molecule has 0 aliphatic carbocycles. The number of hydrogen-bond donors (Lipinski definition) is 2.